The molecule has 3 amide bonds. The van der Waals surface area contributed by atoms with E-state index in [4.69, 9.17) is 5.73 Å². The average molecular weight is 579 g/mol. The van der Waals surface area contributed by atoms with Gasteiger partial charge in [-0.3, -0.25) is 14.4 Å². The average Bonchev–Trinajstić information content (AvgIpc) is 2.91. The molecule has 0 aliphatic heterocycles. The summed E-state index contributed by atoms with van der Waals surface area (Å²) in [7, 11) is 0. The van der Waals surface area contributed by atoms with Crippen LogP contribution in [0.1, 0.15) is 17.5 Å². The minimum atomic E-state index is -1.30. The second kappa shape index (κ2) is 15.9. The number of thiol groups is 1. The molecule has 2 rings (SSSR count). The SMILES string of the molecule is CSCCC(N)C(=O)NC(Cc1ccc(O)cc1)C(=O)NC(CS)C(=O)NC(Cc1ccc(O)cc1)C(=O)O. The number of nitrogens with two attached hydrogens (primary N) is 1. The summed E-state index contributed by atoms with van der Waals surface area (Å²) >= 11 is 5.68. The number of carbonyl (C=O) groups excluding carboxylic acids is 3. The third kappa shape index (κ3) is 10.7. The van der Waals surface area contributed by atoms with Gasteiger partial charge in [-0.2, -0.15) is 24.4 Å². The number of carboxylic acids is 1. The molecule has 11 nitrogen and oxygen atoms in total. The van der Waals surface area contributed by atoms with Gasteiger partial charge in [0, 0.05) is 18.6 Å². The van der Waals surface area contributed by atoms with Gasteiger partial charge in [0.25, 0.3) is 0 Å². The van der Waals surface area contributed by atoms with Crippen LogP contribution in [0.25, 0.3) is 0 Å². The van der Waals surface area contributed by atoms with Crippen molar-refractivity contribution in [1.82, 2.24) is 16.0 Å². The lowest BCUT2D eigenvalue weighted by molar-refractivity contribution is -0.142. The van der Waals surface area contributed by atoms with Crippen molar-refractivity contribution >= 4 is 48.1 Å². The predicted octanol–water partition coefficient (Wildman–Crippen LogP) is 0.432. The third-order valence-electron chi connectivity index (χ3n) is 5.79. The number of thioether (sulfide) groups is 1. The smallest absolute Gasteiger partial charge is 0.326 e. The second-order valence-corrected chi connectivity index (χ2v) is 10.2. The molecule has 0 saturated heterocycles. The Morgan fingerprint density at radius 3 is 1.69 bits per heavy atom. The zero-order chi connectivity index (χ0) is 28.9. The number of amides is 3. The van der Waals surface area contributed by atoms with Gasteiger partial charge in [-0.15, -0.1) is 0 Å². The van der Waals surface area contributed by atoms with Crippen LogP contribution in [0, 0.1) is 0 Å². The number of aliphatic carboxylic acids is 1. The Morgan fingerprint density at radius 1 is 0.795 bits per heavy atom. The quantitative estimate of drug-likeness (QED) is 0.139. The van der Waals surface area contributed by atoms with E-state index < -0.39 is 47.9 Å². The molecule has 0 aliphatic carbocycles. The van der Waals surface area contributed by atoms with Crippen molar-refractivity contribution < 1.29 is 34.5 Å². The molecule has 2 aromatic rings. The van der Waals surface area contributed by atoms with Gasteiger partial charge in [0.2, 0.25) is 17.7 Å². The largest absolute Gasteiger partial charge is 0.508 e. The third-order valence-corrected chi connectivity index (χ3v) is 6.79. The molecular weight excluding hydrogens is 544 g/mol. The monoisotopic (exact) mass is 578 g/mol. The highest BCUT2D eigenvalue weighted by Gasteiger charge is 2.30. The Balaban J connectivity index is 2.14. The van der Waals surface area contributed by atoms with Crippen molar-refractivity contribution in [3.63, 3.8) is 0 Å². The standard InChI is InChI=1S/C26H34N4O7S2/c1-39-11-10-19(27)23(33)28-20(12-15-2-6-17(31)7-3-15)24(34)30-22(14-38)25(35)29-21(26(36)37)13-16-4-8-18(32)9-5-16/h2-9,19-22,31-32,38H,10-14,27H2,1H3,(H,28,33)(H,29,35)(H,30,34)(H,36,37). The summed E-state index contributed by atoms with van der Waals surface area (Å²) in [4.78, 5) is 50.6. The van der Waals surface area contributed by atoms with Crippen molar-refractivity contribution in [2.45, 2.75) is 43.4 Å². The first kappa shape index (κ1) is 31.8. The van der Waals surface area contributed by atoms with E-state index >= 15 is 0 Å². The Morgan fingerprint density at radius 2 is 1.23 bits per heavy atom. The molecule has 13 heteroatoms. The Labute approximate surface area is 236 Å². The van der Waals surface area contributed by atoms with E-state index in [1.54, 1.807) is 12.1 Å². The van der Waals surface area contributed by atoms with Crippen LogP contribution in [0.2, 0.25) is 0 Å². The van der Waals surface area contributed by atoms with E-state index in [0.29, 0.717) is 23.3 Å². The first-order valence-electron chi connectivity index (χ1n) is 12.1. The highest BCUT2D eigenvalue weighted by atomic mass is 32.2. The number of carboxylic acid groups (broad SMARTS) is 1. The zero-order valence-electron chi connectivity index (χ0n) is 21.4. The molecule has 212 valence electrons. The highest BCUT2D eigenvalue weighted by Crippen LogP contribution is 2.13. The number of aromatic hydroxyl groups is 2. The van der Waals surface area contributed by atoms with Gasteiger partial charge in [-0.25, -0.2) is 4.79 Å². The summed E-state index contributed by atoms with van der Waals surface area (Å²) in [5, 5.41) is 36.2. The van der Waals surface area contributed by atoms with E-state index in [0.717, 1.165) is 0 Å². The second-order valence-electron chi connectivity index (χ2n) is 8.83. The molecule has 39 heavy (non-hydrogen) atoms. The lowest BCUT2D eigenvalue weighted by Gasteiger charge is -2.24. The summed E-state index contributed by atoms with van der Waals surface area (Å²) in [6, 6.07) is 7.52. The van der Waals surface area contributed by atoms with E-state index in [1.807, 2.05) is 6.26 Å². The van der Waals surface area contributed by atoms with Crippen LogP contribution in [-0.4, -0.2) is 80.9 Å². The van der Waals surface area contributed by atoms with Gasteiger partial charge >= 0.3 is 5.97 Å². The molecule has 0 radical (unpaired) electrons. The van der Waals surface area contributed by atoms with Crippen LogP contribution in [-0.2, 0) is 32.0 Å². The highest BCUT2D eigenvalue weighted by molar-refractivity contribution is 7.98. The molecular formula is C26H34N4O7S2. The van der Waals surface area contributed by atoms with E-state index in [1.165, 1.54) is 48.2 Å². The van der Waals surface area contributed by atoms with Crippen LogP contribution in [0.3, 0.4) is 0 Å². The van der Waals surface area contributed by atoms with Gasteiger partial charge < -0.3 is 37.0 Å². The molecule has 2 aromatic carbocycles. The number of carbonyl (C=O) groups is 4. The predicted molar refractivity (Wildman–Crippen MR) is 152 cm³/mol. The summed E-state index contributed by atoms with van der Waals surface area (Å²) in [6.07, 6.45) is 2.28. The number of rotatable bonds is 15. The van der Waals surface area contributed by atoms with Gasteiger partial charge in [-0.1, -0.05) is 24.3 Å². The molecule has 0 bridgehead atoms. The summed E-state index contributed by atoms with van der Waals surface area (Å²) in [5.41, 5.74) is 7.17. The van der Waals surface area contributed by atoms with Crippen LogP contribution in [0.15, 0.2) is 48.5 Å². The summed E-state index contributed by atoms with van der Waals surface area (Å²) in [6.45, 7) is 0. The van der Waals surface area contributed by atoms with Crippen molar-refractivity contribution in [3.8, 4) is 11.5 Å². The molecule has 4 atom stereocenters. The minimum Gasteiger partial charge on any atom is -0.508 e. The summed E-state index contributed by atoms with van der Waals surface area (Å²) in [5.74, 6) is -2.70. The topological polar surface area (TPSA) is 191 Å². The number of hydrogen-bond donors (Lipinski definition) is 8. The number of phenolic OH excluding ortho intramolecular Hbond substituents is 2. The molecule has 0 saturated carbocycles. The first-order chi connectivity index (χ1) is 18.5. The van der Waals surface area contributed by atoms with Gasteiger partial charge in [0.05, 0.1) is 6.04 Å². The Bertz CT molecular complexity index is 1120. The lowest BCUT2D eigenvalue weighted by Crippen LogP contribution is -2.58. The molecule has 4 unspecified atom stereocenters. The Kier molecular flexibility index (Phi) is 12.9. The van der Waals surface area contributed by atoms with Crippen LogP contribution < -0.4 is 21.7 Å². The fourth-order valence-electron chi connectivity index (χ4n) is 3.54. The van der Waals surface area contributed by atoms with Crippen LogP contribution in [0.5, 0.6) is 11.5 Å². The van der Waals surface area contributed by atoms with Gasteiger partial charge in [0.1, 0.15) is 29.6 Å². The maximum atomic E-state index is 13.2. The van der Waals surface area contributed by atoms with E-state index in [2.05, 4.69) is 28.6 Å². The fourth-order valence-corrected chi connectivity index (χ4v) is 4.28. The molecule has 0 spiro atoms. The molecule has 0 fully saturated rings. The maximum absolute atomic E-state index is 13.2. The number of benzene rings is 2. The summed E-state index contributed by atoms with van der Waals surface area (Å²) < 4.78 is 0. The molecule has 8 N–H and O–H groups in total. The maximum Gasteiger partial charge on any atom is 0.326 e. The lowest BCUT2D eigenvalue weighted by atomic mass is 10.0. The Hall–Kier alpha value is -3.42. The van der Waals surface area contributed by atoms with E-state index in [9.17, 15) is 34.5 Å². The van der Waals surface area contributed by atoms with Gasteiger partial charge in [0.15, 0.2) is 0 Å². The molecule has 0 aliphatic rings. The normalized spacial score (nSPS) is 13.9. The molecule has 0 heterocycles. The number of nitrogens with one attached hydrogen (secondary N) is 3. The van der Waals surface area contributed by atoms with Crippen molar-refractivity contribution in [3.05, 3.63) is 59.7 Å². The van der Waals surface area contributed by atoms with Gasteiger partial charge in [-0.05, 0) is 53.8 Å². The van der Waals surface area contributed by atoms with Crippen molar-refractivity contribution in [2.75, 3.05) is 17.8 Å². The molecule has 0 aromatic heterocycles. The van der Waals surface area contributed by atoms with Crippen molar-refractivity contribution in [2.24, 2.45) is 5.73 Å². The van der Waals surface area contributed by atoms with Crippen molar-refractivity contribution in [1.29, 1.82) is 0 Å². The van der Waals surface area contributed by atoms with Crippen LogP contribution in [0.4, 0.5) is 0 Å². The minimum absolute atomic E-state index is 0.0201. The fraction of sp³-hybridized carbons (Fsp3) is 0.385. The first-order valence-corrected chi connectivity index (χ1v) is 14.1. The number of phenols is 2. The zero-order valence-corrected chi connectivity index (χ0v) is 23.1. The van der Waals surface area contributed by atoms with E-state index in [-0.39, 0.29) is 30.1 Å². The number of hydrogen-bond acceptors (Lipinski definition) is 9. The van der Waals surface area contributed by atoms with Crippen LogP contribution >= 0.6 is 24.4 Å².